The van der Waals surface area contributed by atoms with Crippen LogP contribution in [0.2, 0.25) is 0 Å². The molecule has 1 saturated heterocycles. The minimum absolute atomic E-state index is 0.0307. The molecule has 0 aromatic rings. The van der Waals surface area contributed by atoms with Crippen LogP contribution in [0, 0.1) is 35.0 Å². The quantitative estimate of drug-likeness (QED) is 0.190. The van der Waals surface area contributed by atoms with Crippen molar-refractivity contribution in [1.29, 1.82) is 0 Å². The maximum atomic E-state index is 14.5. The molecule has 48 heavy (non-hydrogen) atoms. The topological polar surface area (TPSA) is 185 Å². The number of rotatable bonds is 11. The number of carbonyl (C=O) groups excluding carboxylic acids is 5. The lowest BCUT2D eigenvalue weighted by Crippen LogP contribution is -2.64. The van der Waals surface area contributed by atoms with Crippen molar-refractivity contribution in [3.63, 3.8) is 0 Å². The summed E-state index contributed by atoms with van der Waals surface area (Å²) in [5.74, 6) is -0.877. The standard InChI is InChI=1S/C35H55N5O7S/c1-8-9-15-23(26(41)28(36)42)37-29(43)25-24-22(35(24)18-13-14-19-35)20-40(25)30(44)27(32(2,3)4)38-31(45)39-34(16-11-10-12-17-34)21-48(46,47)33(5,6)7/h1,22-25,27H,9-21H2,2-7H3,(H2,36,42)(H,37,43)(H2,38,39,45)/t22-,23?,24-,25-,27+/m0/s1. The molecular formula is C35H55N5O7S. The number of hydrogen-bond acceptors (Lipinski definition) is 7. The number of nitrogens with two attached hydrogens (primary N) is 1. The first-order valence-corrected chi connectivity index (χ1v) is 19.0. The molecule has 12 nitrogen and oxygen atoms in total. The zero-order valence-electron chi connectivity index (χ0n) is 29.4. The number of ketones is 1. The van der Waals surface area contributed by atoms with E-state index in [0.717, 1.165) is 44.9 Å². The highest BCUT2D eigenvalue weighted by Crippen LogP contribution is 2.72. The van der Waals surface area contributed by atoms with Crippen molar-refractivity contribution in [2.45, 2.75) is 141 Å². The van der Waals surface area contributed by atoms with Crippen LogP contribution in [0.4, 0.5) is 4.79 Å². The van der Waals surface area contributed by atoms with Gasteiger partial charge in [-0.25, -0.2) is 13.2 Å². The average molecular weight is 690 g/mol. The third kappa shape index (κ3) is 7.53. The van der Waals surface area contributed by atoms with Crippen LogP contribution in [0.1, 0.15) is 112 Å². The lowest BCUT2D eigenvalue weighted by molar-refractivity contribution is -0.145. The van der Waals surface area contributed by atoms with E-state index >= 15 is 0 Å². The van der Waals surface area contributed by atoms with Gasteiger partial charge in [-0.05, 0) is 75.5 Å². The number of Topliss-reactive ketones (excluding diaryl/α,β-unsaturated/α-hetero) is 1. The molecule has 4 fully saturated rings. The molecule has 13 heteroatoms. The molecule has 5 atom stereocenters. The molecule has 3 saturated carbocycles. The first-order valence-electron chi connectivity index (χ1n) is 17.4. The van der Waals surface area contributed by atoms with E-state index < -0.39 is 73.2 Å². The van der Waals surface area contributed by atoms with Gasteiger partial charge in [0.05, 0.1) is 22.1 Å². The van der Waals surface area contributed by atoms with Crippen LogP contribution in [0.5, 0.6) is 0 Å². The van der Waals surface area contributed by atoms with Crippen LogP contribution in [-0.4, -0.2) is 83.6 Å². The predicted octanol–water partition coefficient (Wildman–Crippen LogP) is 2.59. The average Bonchev–Trinajstić information content (AvgIpc) is 3.29. The van der Waals surface area contributed by atoms with Crippen LogP contribution in [-0.2, 0) is 29.0 Å². The monoisotopic (exact) mass is 689 g/mol. The number of nitrogens with zero attached hydrogens (tertiary/aromatic N) is 1. The molecule has 5 N–H and O–H groups in total. The maximum Gasteiger partial charge on any atom is 0.315 e. The van der Waals surface area contributed by atoms with Crippen molar-refractivity contribution < 1.29 is 32.4 Å². The van der Waals surface area contributed by atoms with Crippen LogP contribution in [0.25, 0.3) is 0 Å². The van der Waals surface area contributed by atoms with Gasteiger partial charge in [0.25, 0.3) is 5.91 Å². The Morgan fingerprint density at radius 1 is 0.938 bits per heavy atom. The molecule has 4 rings (SSSR count). The van der Waals surface area contributed by atoms with Crippen LogP contribution in [0.15, 0.2) is 0 Å². The van der Waals surface area contributed by atoms with E-state index in [-0.39, 0.29) is 35.8 Å². The molecule has 0 aromatic heterocycles. The van der Waals surface area contributed by atoms with Gasteiger partial charge >= 0.3 is 6.03 Å². The summed E-state index contributed by atoms with van der Waals surface area (Å²) < 4.78 is 25.6. The summed E-state index contributed by atoms with van der Waals surface area (Å²) in [5.41, 5.74) is 3.48. The molecule has 0 bridgehead atoms. The number of nitrogens with one attached hydrogen (secondary N) is 3. The molecule has 0 radical (unpaired) electrons. The molecule has 1 heterocycles. The van der Waals surface area contributed by atoms with E-state index in [1.807, 2.05) is 20.8 Å². The Balaban J connectivity index is 1.59. The second kappa shape index (κ2) is 13.6. The Bertz CT molecular complexity index is 1440. The Morgan fingerprint density at radius 3 is 2.04 bits per heavy atom. The molecular weight excluding hydrogens is 634 g/mol. The molecule has 4 aliphatic rings. The predicted molar refractivity (Wildman–Crippen MR) is 182 cm³/mol. The first-order chi connectivity index (χ1) is 22.2. The normalized spacial score (nSPS) is 25.7. The summed E-state index contributed by atoms with van der Waals surface area (Å²) in [7, 11) is -3.57. The third-order valence-electron chi connectivity index (χ3n) is 11.3. The first kappa shape index (κ1) is 37.7. The molecule has 268 valence electrons. The Morgan fingerprint density at radius 2 is 1.52 bits per heavy atom. The number of fused-ring (bicyclic) bond motifs is 3. The largest absolute Gasteiger partial charge is 0.363 e. The summed E-state index contributed by atoms with van der Waals surface area (Å²) in [5, 5.41) is 8.57. The highest BCUT2D eigenvalue weighted by molar-refractivity contribution is 7.92. The van der Waals surface area contributed by atoms with Gasteiger partial charge in [0.15, 0.2) is 9.84 Å². The Labute approximate surface area is 285 Å². The molecule has 1 aliphatic heterocycles. The van der Waals surface area contributed by atoms with Crippen LogP contribution < -0.4 is 21.7 Å². The molecule has 0 aromatic carbocycles. The van der Waals surface area contributed by atoms with Gasteiger partial charge in [0.2, 0.25) is 17.6 Å². The van der Waals surface area contributed by atoms with E-state index in [1.54, 1.807) is 20.8 Å². The number of primary amides is 1. The number of hydrogen-bond donors (Lipinski definition) is 4. The highest BCUT2D eigenvalue weighted by Gasteiger charge is 2.74. The van der Waals surface area contributed by atoms with Crippen molar-refractivity contribution in [2.24, 2.45) is 28.4 Å². The van der Waals surface area contributed by atoms with E-state index in [1.165, 1.54) is 4.90 Å². The number of terminal acetylenes is 1. The summed E-state index contributed by atoms with van der Waals surface area (Å²) in [6, 6.07) is -3.79. The van der Waals surface area contributed by atoms with Crippen molar-refractivity contribution in [2.75, 3.05) is 12.3 Å². The van der Waals surface area contributed by atoms with E-state index in [0.29, 0.717) is 19.4 Å². The summed E-state index contributed by atoms with van der Waals surface area (Å²) in [4.78, 5) is 68.2. The van der Waals surface area contributed by atoms with E-state index in [2.05, 4.69) is 21.9 Å². The molecule has 3 aliphatic carbocycles. The minimum Gasteiger partial charge on any atom is -0.363 e. The van der Waals surface area contributed by atoms with Crippen molar-refractivity contribution in [3.8, 4) is 12.3 Å². The Kier molecular flexibility index (Phi) is 10.7. The lowest BCUT2D eigenvalue weighted by Gasteiger charge is -2.41. The molecule has 1 spiro atoms. The van der Waals surface area contributed by atoms with Gasteiger partial charge in [-0.2, -0.15) is 0 Å². The number of sulfone groups is 1. The van der Waals surface area contributed by atoms with Crippen LogP contribution in [0.3, 0.4) is 0 Å². The second-order valence-corrected chi connectivity index (χ2v) is 19.4. The second-order valence-electron chi connectivity index (χ2n) is 16.7. The van der Waals surface area contributed by atoms with Crippen LogP contribution >= 0.6 is 0 Å². The number of urea groups is 1. The van der Waals surface area contributed by atoms with Gasteiger partial charge < -0.3 is 26.6 Å². The van der Waals surface area contributed by atoms with Crippen molar-refractivity contribution in [3.05, 3.63) is 0 Å². The smallest absolute Gasteiger partial charge is 0.315 e. The summed E-state index contributed by atoms with van der Waals surface area (Å²) in [6.45, 7) is 10.8. The zero-order chi connectivity index (χ0) is 35.9. The fourth-order valence-corrected chi connectivity index (χ4v) is 10.0. The van der Waals surface area contributed by atoms with E-state index in [4.69, 9.17) is 12.2 Å². The summed E-state index contributed by atoms with van der Waals surface area (Å²) in [6.07, 6.45) is 13.1. The molecule has 5 amide bonds. The fourth-order valence-electron chi connectivity index (χ4n) is 8.49. The van der Waals surface area contributed by atoms with Gasteiger partial charge in [0.1, 0.15) is 12.1 Å². The number of piperidine rings is 1. The number of amides is 5. The lowest BCUT2D eigenvalue weighted by atomic mass is 9.83. The van der Waals surface area contributed by atoms with Gasteiger partial charge in [-0.1, -0.05) is 52.9 Å². The highest BCUT2D eigenvalue weighted by atomic mass is 32.2. The third-order valence-corrected chi connectivity index (χ3v) is 14.1. The van der Waals surface area contributed by atoms with Gasteiger partial charge in [0, 0.05) is 13.0 Å². The SMILES string of the molecule is C#CCCC(NC(=O)[C@@H]1[C@@H]2[C@H](CN1C(=O)[C@@H](NC(=O)NC1(CS(=O)(=O)C(C)(C)C)CCCCC1)C(C)(C)C)C21CCCC1)C(=O)C(N)=O. The molecule has 1 unspecified atom stereocenters. The van der Waals surface area contributed by atoms with Gasteiger partial charge in [-0.3, -0.25) is 19.2 Å². The minimum atomic E-state index is -3.57. The summed E-state index contributed by atoms with van der Waals surface area (Å²) >= 11 is 0. The Hall–Kier alpha value is -3.14. The van der Waals surface area contributed by atoms with E-state index in [9.17, 15) is 32.4 Å². The van der Waals surface area contributed by atoms with Gasteiger partial charge in [-0.15, -0.1) is 12.3 Å². The maximum absolute atomic E-state index is 14.5. The fraction of sp³-hybridized carbons (Fsp3) is 0.800. The van der Waals surface area contributed by atoms with Crippen molar-refractivity contribution >= 4 is 39.4 Å². The number of carbonyl (C=O) groups is 5. The number of likely N-dealkylation sites (tertiary alicyclic amines) is 1. The van der Waals surface area contributed by atoms with Crippen molar-refractivity contribution in [1.82, 2.24) is 20.9 Å². The zero-order valence-corrected chi connectivity index (χ0v) is 30.3.